The van der Waals surface area contributed by atoms with Crippen molar-refractivity contribution in [1.29, 1.82) is 0 Å². The largest absolute Gasteiger partial charge is 0.394 e. The molecular formula is C14H20N2O3. The van der Waals surface area contributed by atoms with E-state index in [-0.39, 0.29) is 24.5 Å². The maximum atomic E-state index is 11.9. The van der Waals surface area contributed by atoms with E-state index in [0.29, 0.717) is 24.1 Å². The molecule has 3 N–H and O–H groups in total. The Morgan fingerprint density at radius 1 is 1.21 bits per heavy atom. The van der Waals surface area contributed by atoms with Gasteiger partial charge < -0.3 is 15.7 Å². The lowest BCUT2D eigenvalue weighted by molar-refractivity contribution is -0.115. The molecule has 2 amide bonds. The zero-order chi connectivity index (χ0) is 14.3. The number of anilines is 1. The van der Waals surface area contributed by atoms with Gasteiger partial charge in [0.15, 0.2) is 0 Å². The minimum absolute atomic E-state index is 0.0662. The van der Waals surface area contributed by atoms with Crippen molar-refractivity contribution in [2.24, 2.45) is 0 Å². The lowest BCUT2D eigenvalue weighted by Crippen LogP contribution is -2.36. The first kappa shape index (κ1) is 15.2. The Balaban J connectivity index is 2.65. The summed E-state index contributed by atoms with van der Waals surface area (Å²) in [6.07, 6.45) is 1.09. The van der Waals surface area contributed by atoms with E-state index in [2.05, 4.69) is 10.6 Å². The Bertz CT molecular complexity index is 425. The van der Waals surface area contributed by atoms with Gasteiger partial charge in [0, 0.05) is 17.7 Å². The van der Waals surface area contributed by atoms with Gasteiger partial charge in [0.05, 0.1) is 12.6 Å². The maximum absolute atomic E-state index is 11.9. The summed E-state index contributed by atoms with van der Waals surface area (Å²) in [6, 6.07) is 6.42. The van der Waals surface area contributed by atoms with E-state index < -0.39 is 0 Å². The molecule has 5 heteroatoms. The third-order valence-electron chi connectivity index (χ3n) is 2.80. The molecule has 0 bridgehead atoms. The number of rotatable bonds is 6. The number of hydrogen-bond donors (Lipinski definition) is 3. The minimum Gasteiger partial charge on any atom is -0.394 e. The molecule has 19 heavy (non-hydrogen) atoms. The van der Waals surface area contributed by atoms with E-state index in [1.165, 1.54) is 0 Å². The molecule has 0 radical (unpaired) electrons. The van der Waals surface area contributed by atoms with Gasteiger partial charge in [0.2, 0.25) is 5.91 Å². The van der Waals surface area contributed by atoms with Gasteiger partial charge >= 0.3 is 0 Å². The predicted octanol–water partition coefficient (Wildman–Crippen LogP) is 1.54. The molecule has 0 saturated heterocycles. The third-order valence-corrected chi connectivity index (χ3v) is 2.80. The number of hydrogen-bond acceptors (Lipinski definition) is 3. The third kappa shape index (κ3) is 4.71. The second kappa shape index (κ2) is 7.53. The molecule has 1 atom stereocenters. The highest BCUT2D eigenvalue weighted by Gasteiger charge is 2.11. The normalized spacial score (nSPS) is 11.7. The summed E-state index contributed by atoms with van der Waals surface area (Å²) < 4.78 is 0. The standard InChI is InChI=1S/C14H20N2O3/c1-3-11(9-17)16-14(19)10-5-7-12(8-6-10)15-13(18)4-2/h5-8,11,17H,3-4,9H2,1-2H3,(H,15,18)(H,16,19). The van der Waals surface area contributed by atoms with Gasteiger partial charge in [-0.25, -0.2) is 0 Å². The second-order valence-electron chi connectivity index (χ2n) is 4.24. The number of benzene rings is 1. The van der Waals surface area contributed by atoms with Crippen molar-refractivity contribution >= 4 is 17.5 Å². The van der Waals surface area contributed by atoms with Crippen LogP contribution in [0.3, 0.4) is 0 Å². The second-order valence-corrected chi connectivity index (χ2v) is 4.24. The highest BCUT2D eigenvalue weighted by atomic mass is 16.3. The van der Waals surface area contributed by atoms with E-state index in [9.17, 15) is 9.59 Å². The van der Waals surface area contributed by atoms with Crippen LogP contribution in [0.5, 0.6) is 0 Å². The molecule has 0 fully saturated rings. The van der Waals surface area contributed by atoms with Crippen LogP contribution in [0.1, 0.15) is 37.0 Å². The van der Waals surface area contributed by atoms with Crippen LogP contribution in [0.4, 0.5) is 5.69 Å². The molecule has 1 aromatic carbocycles. The van der Waals surface area contributed by atoms with Gasteiger partial charge in [-0.15, -0.1) is 0 Å². The van der Waals surface area contributed by atoms with E-state index >= 15 is 0 Å². The van der Waals surface area contributed by atoms with Gasteiger partial charge in [0.25, 0.3) is 5.91 Å². The SMILES string of the molecule is CCC(=O)Nc1ccc(C(=O)NC(CC)CO)cc1. The predicted molar refractivity (Wildman–Crippen MR) is 74.0 cm³/mol. The van der Waals surface area contributed by atoms with E-state index in [1.807, 2.05) is 6.92 Å². The van der Waals surface area contributed by atoms with Crippen LogP contribution in [0, 0.1) is 0 Å². The molecule has 0 aromatic heterocycles. The summed E-state index contributed by atoms with van der Waals surface area (Å²) in [7, 11) is 0. The van der Waals surface area contributed by atoms with Gasteiger partial charge in [-0.1, -0.05) is 13.8 Å². The summed E-state index contributed by atoms with van der Waals surface area (Å²) in [5.41, 5.74) is 1.17. The smallest absolute Gasteiger partial charge is 0.251 e. The Morgan fingerprint density at radius 2 is 1.84 bits per heavy atom. The first-order valence-corrected chi connectivity index (χ1v) is 6.42. The van der Waals surface area contributed by atoms with Crippen molar-refractivity contribution in [3.05, 3.63) is 29.8 Å². The Kier molecular flexibility index (Phi) is 6.02. The lowest BCUT2D eigenvalue weighted by Gasteiger charge is -2.14. The van der Waals surface area contributed by atoms with Gasteiger partial charge in [-0.2, -0.15) is 0 Å². The van der Waals surface area contributed by atoms with E-state index in [4.69, 9.17) is 5.11 Å². The van der Waals surface area contributed by atoms with Crippen LogP contribution in [-0.2, 0) is 4.79 Å². The fraction of sp³-hybridized carbons (Fsp3) is 0.429. The molecule has 0 aliphatic carbocycles. The highest BCUT2D eigenvalue weighted by molar-refractivity contribution is 5.95. The molecule has 0 heterocycles. The quantitative estimate of drug-likeness (QED) is 0.729. The zero-order valence-corrected chi connectivity index (χ0v) is 11.3. The van der Waals surface area contributed by atoms with Crippen molar-refractivity contribution < 1.29 is 14.7 Å². The van der Waals surface area contributed by atoms with Gasteiger partial charge in [-0.3, -0.25) is 9.59 Å². The van der Waals surface area contributed by atoms with Crippen LogP contribution in [0.15, 0.2) is 24.3 Å². The van der Waals surface area contributed by atoms with E-state index in [0.717, 1.165) is 0 Å². The first-order chi connectivity index (χ1) is 9.10. The topological polar surface area (TPSA) is 78.4 Å². The molecule has 104 valence electrons. The fourth-order valence-corrected chi connectivity index (χ4v) is 1.50. The summed E-state index contributed by atoms with van der Waals surface area (Å²) in [5.74, 6) is -0.294. The van der Waals surface area contributed by atoms with Crippen LogP contribution < -0.4 is 10.6 Å². The Labute approximate surface area is 113 Å². The van der Waals surface area contributed by atoms with Crippen LogP contribution in [0.2, 0.25) is 0 Å². The first-order valence-electron chi connectivity index (χ1n) is 6.42. The lowest BCUT2D eigenvalue weighted by atomic mass is 10.1. The average Bonchev–Trinajstić information content (AvgIpc) is 2.45. The fourth-order valence-electron chi connectivity index (χ4n) is 1.50. The number of carbonyl (C=O) groups excluding carboxylic acids is 2. The highest BCUT2D eigenvalue weighted by Crippen LogP contribution is 2.10. The van der Waals surface area contributed by atoms with Crippen molar-refractivity contribution in [2.45, 2.75) is 32.7 Å². The number of amides is 2. The zero-order valence-electron chi connectivity index (χ0n) is 11.3. The number of nitrogens with one attached hydrogen (secondary N) is 2. The number of aliphatic hydroxyl groups excluding tert-OH is 1. The van der Waals surface area contributed by atoms with Crippen molar-refractivity contribution in [2.75, 3.05) is 11.9 Å². The number of aliphatic hydroxyl groups is 1. The molecule has 0 saturated carbocycles. The summed E-state index contributed by atoms with van der Waals surface area (Å²) in [5, 5.41) is 14.5. The maximum Gasteiger partial charge on any atom is 0.251 e. The van der Waals surface area contributed by atoms with Crippen molar-refractivity contribution in [3.8, 4) is 0 Å². The molecule has 0 aliphatic heterocycles. The van der Waals surface area contributed by atoms with Crippen molar-refractivity contribution in [1.82, 2.24) is 5.32 Å². The summed E-state index contributed by atoms with van der Waals surface area (Å²) >= 11 is 0. The molecule has 1 unspecified atom stereocenters. The van der Waals surface area contributed by atoms with Crippen LogP contribution in [0.25, 0.3) is 0 Å². The van der Waals surface area contributed by atoms with Crippen LogP contribution in [-0.4, -0.2) is 29.6 Å². The van der Waals surface area contributed by atoms with E-state index in [1.54, 1.807) is 31.2 Å². The Morgan fingerprint density at radius 3 is 2.32 bits per heavy atom. The monoisotopic (exact) mass is 264 g/mol. The van der Waals surface area contributed by atoms with Crippen LogP contribution >= 0.6 is 0 Å². The van der Waals surface area contributed by atoms with Gasteiger partial charge in [-0.05, 0) is 30.7 Å². The minimum atomic E-state index is -0.230. The average molecular weight is 264 g/mol. The molecule has 0 aliphatic rings. The summed E-state index contributed by atoms with van der Waals surface area (Å²) in [6.45, 7) is 3.59. The molecule has 1 aromatic rings. The Hall–Kier alpha value is -1.88. The molecule has 1 rings (SSSR count). The van der Waals surface area contributed by atoms with Gasteiger partial charge in [0.1, 0.15) is 0 Å². The van der Waals surface area contributed by atoms with Crippen molar-refractivity contribution in [3.63, 3.8) is 0 Å². The molecular weight excluding hydrogens is 244 g/mol. The summed E-state index contributed by atoms with van der Waals surface area (Å²) in [4.78, 5) is 23.1. The molecule has 0 spiro atoms. The molecule has 5 nitrogen and oxygen atoms in total. The number of carbonyl (C=O) groups is 2.